The fourth-order valence-electron chi connectivity index (χ4n) is 4.71. The van der Waals surface area contributed by atoms with Crippen molar-refractivity contribution in [2.24, 2.45) is 11.3 Å². The van der Waals surface area contributed by atoms with Crippen LogP contribution in [0.5, 0.6) is 0 Å². The zero-order chi connectivity index (χ0) is 15.3. The molecule has 0 aromatic carbocycles. The quantitative estimate of drug-likeness (QED) is 0.779. The minimum atomic E-state index is 0.534. The van der Waals surface area contributed by atoms with E-state index in [4.69, 9.17) is 0 Å². The minimum absolute atomic E-state index is 0.534. The van der Waals surface area contributed by atoms with Crippen LogP contribution in [0.4, 0.5) is 0 Å². The summed E-state index contributed by atoms with van der Waals surface area (Å²) in [6.07, 6.45) is 11.4. The number of piperidine rings is 1. The van der Waals surface area contributed by atoms with Gasteiger partial charge in [-0.25, -0.2) is 0 Å². The molecule has 1 aliphatic heterocycles. The summed E-state index contributed by atoms with van der Waals surface area (Å²) in [5.74, 6) is 0.914. The fourth-order valence-corrected chi connectivity index (χ4v) is 4.71. The molecule has 1 aliphatic carbocycles. The Morgan fingerprint density at radius 3 is 2.67 bits per heavy atom. The lowest BCUT2D eigenvalue weighted by Crippen LogP contribution is -2.51. The van der Waals surface area contributed by atoms with Gasteiger partial charge in [-0.15, -0.1) is 0 Å². The van der Waals surface area contributed by atoms with Crippen LogP contribution < -0.4 is 5.32 Å². The molecule has 2 aliphatic rings. The van der Waals surface area contributed by atoms with E-state index in [2.05, 4.69) is 37.9 Å². The standard InChI is InChI=1S/C19H38N2/c1-5-18-10-6-7-12-21(18)15-19(14-20-16(2)3)11-8-9-17(4)13-19/h16-18,20H,5-15H2,1-4H3. The Kier molecular flexibility index (Phi) is 6.55. The third kappa shape index (κ3) is 4.96. The zero-order valence-corrected chi connectivity index (χ0v) is 15.0. The van der Waals surface area contributed by atoms with E-state index in [0.29, 0.717) is 11.5 Å². The predicted octanol–water partition coefficient (Wildman–Crippen LogP) is 4.45. The molecule has 1 N–H and O–H groups in total. The average Bonchev–Trinajstić information content (AvgIpc) is 2.46. The molecule has 3 unspecified atom stereocenters. The molecule has 0 spiro atoms. The third-order valence-corrected chi connectivity index (χ3v) is 5.83. The molecule has 2 heteroatoms. The van der Waals surface area contributed by atoms with E-state index < -0.39 is 0 Å². The molecular weight excluding hydrogens is 256 g/mol. The van der Waals surface area contributed by atoms with Gasteiger partial charge in [0.05, 0.1) is 0 Å². The van der Waals surface area contributed by atoms with Gasteiger partial charge in [-0.3, -0.25) is 4.90 Å². The number of nitrogens with one attached hydrogen (secondary N) is 1. The van der Waals surface area contributed by atoms with Gasteiger partial charge in [0, 0.05) is 25.2 Å². The summed E-state index contributed by atoms with van der Waals surface area (Å²) in [5, 5.41) is 3.77. The highest BCUT2D eigenvalue weighted by Gasteiger charge is 2.38. The Morgan fingerprint density at radius 2 is 2.00 bits per heavy atom. The van der Waals surface area contributed by atoms with E-state index >= 15 is 0 Å². The van der Waals surface area contributed by atoms with Gasteiger partial charge in [0.2, 0.25) is 0 Å². The van der Waals surface area contributed by atoms with Crippen molar-refractivity contribution < 1.29 is 0 Å². The first kappa shape index (κ1) is 17.3. The zero-order valence-electron chi connectivity index (χ0n) is 15.0. The number of rotatable bonds is 6. The summed E-state index contributed by atoms with van der Waals surface area (Å²) in [6.45, 7) is 13.3. The molecule has 2 rings (SSSR count). The van der Waals surface area contributed by atoms with Gasteiger partial charge in [0.1, 0.15) is 0 Å². The van der Waals surface area contributed by atoms with Gasteiger partial charge >= 0.3 is 0 Å². The van der Waals surface area contributed by atoms with Crippen LogP contribution in [0.1, 0.15) is 79.1 Å². The van der Waals surface area contributed by atoms with Crippen LogP contribution in [0, 0.1) is 11.3 Å². The number of nitrogens with zero attached hydrogens (tertiary/aromatic N) is 1. The van der Waals surface area contributed by atoms with Crippen molar-refractivity contribution in [1.29, 1.82) is 0 Å². The van der Waals surface area contributed by atoms with Gasteiger partial charge in [-0.1, -0.05) is 47.0 Å². The molecule has 0 aromatic rings. The van der Waals surface area contributed by atoms with Crippen molar-refractivity contribution in [3.05, 3.63) is 0 Å². The number of likely N-dealkylation sites (tertiary alicyclic amines) is 1. The fraction of sp³-hybridized carbons (Fsp3) is 1.00. The molecule has 1 saturated heterocycles. The normalized spacial score (nSPS) is 35.3. The topological polar surface area (TPSA) is 15.3 Å². The van der Waals surface area contributed by atoms with Crippen molar-refractivity contribution in [3.63, 3.8) is 0 Å². The van der Waals surface area contributed by atoms with Gasteiger partial charge in [0.25, 0.3) is 0 Å². The van der Waals surface area contributed by atoms with Gasteiger partial charge in [-0.2, -0.15) is 0 Å². The Balaban J connectivity index is 2.03. The minimum Gasteiger partial charge on any atom is -0.314 e. The van der Waals surface area contributed by atoms with Crippen LogP contribution in [0.15, 0.2) is 0 Å². The van der Waals surface area contributed by atoms with Gasteiger partial charge < -0.3 is 5.32 Å². The van der Waals surface area contributed by atoms with Crippen molar-refractivity contribution in [1.82, 2.24) is 10.2 Å². The maximum atomic E-state index is 3.77. The second-order valence-electron chi connectivity index (χ2n) is 8.27. The van der Waals surface area contributed by atoms with Crippen molar-refractivity contribution in [3.8, 4) is 0 Å². The van der Waals surface area contributed by atoms with Crippen LogP contribution in [-0.4, -0.2) is 36.6 Å². The molecule has 124 valence electrons. The molecule has 0 amide bonds. The molecule has 21 heavy (non-hydrogen) atoms. The lowest BCUT2D eigenvalue weighted by atomic mass is 9.69. The predicted molar refractivity (Wildman–Crippen MR) is 92.7 cm³/mol. The van der Waals surface area contributed by atoms with E-state index in [1.807, 2.05) is 0 Å². The lowest BCUT2D eigenvalue weighted by Gasteiger charge is -2.47. The Bertz CT molecular complexity index is 302. The van der Waals surface area contributed by atoms with Gasteiger partial charge in [0.15, 0.2) is 0 Å². The first-order chi connectivity index (χ1) is 10.0. The Morgan fingerprint density at radius 1 is 1.19 bits per heavy atom. The van der Waals surface area contributed by atoms with Crippen molar-refractivity contribution in [2.45, 2.75) is 91.1 Å². The highest BCUT2D eigenvalue weighted by atomic mass is 15.2. The summed E-state index contributed by atoms with van der Waals surface area (Å²) in [7, 11) is 0. The van der Waals surface area contributed by atoms with Crippen LogP contribution in [0.3, 0.4) is 0 Å². The maximum absolute atomic E-state index is 3.77. The second kappa shape index (κ2) is 7.97. The van der Waals surface area contributed by atoms with Crippen LogP contribution in [0.2, 0.25) is 0 Å². The van der Waals surface area contributed by atoms with E-state index in [0.717, 1.165) is 12.0 Å². The summed E-state index contributed by atoms with van der Waals surface area (Å²) < 4.78 is 0. The lowest BCUT2D eigenvalue weighted by molar-refractivity contribution is 0.0391. The molecule has 2 nitrogen and oxygen atoms in total. The summed E-state index contributed by atoms with van der Waals surface area (Å²) in [5.41, 5.74) is 0.534. The second-order valence-corrected chi connectivity index (χ2v) is 8.27. The molecule has 2 fully saturated rings. The third-order valence-electron chi connectivity index (χ3n) is 5.83. The number of hydrogen-bond acceptors (Lipinski definition) is 2. The molecule has 1 saturated carbocycles. The van der Waals surface area contributed by atoms with Crippen molar-refractivity contribution in [2.75, 3.05) is 19.6 Å². The molecule has 0 bridgehead atoms. The highest BCUT2D eigenvalue weighted by Crippen LogP contribution is 2.41. The van der Waals surface area contributed by atoms with E-state index in [9.17, 15) is 0 Å². The first-order valence-corrected chi connectivity index (χ1v) is 9.52. The SMILES string of the molecule is CCC1CCCCN1CC1(CNC(C)C)CCCC(C)C1. The van der Waals surface area contributed by atoms with E-state index in [1.54, 1.807) is 0 Å². The molecule has 0 radical (unpaired) electrons. The van der Waals surface area contributed by atoms with Gasteiger partial charge in [-0.05, 0) is 50.0 Å². The molecular formula is C19H38N2. The van der Waals surface area contributed by atoms with Crippen LogP contribution in [0.25, 0.3) is 0 Å². The van der Waals surface area contributed by atoms with Crippen LogP contribution >= 0.6 is 0 Å². The summed E-state index contributed by atoms with van der Waals surface area (Å²) in [6, 6.07) is 1.47. The largest absolute Gasteiger partial charge is 0.314 e. The Labute approximate surface area is 133 Å². The molecule has 0 aromatic heterocycles. The van der Waals surface area contributed by atoms with E-state index in [1.165, 1.54) is 71.0 Å². The average molecular weight is 295 g/mol. The van der Waals surface area contributed by atoms with Crippen molar-refractivity contribution >= 4 is 0 Å². The smallest absolute Gasteiger partial charge is 0.00928 e. The Hall–Kier alpha value is -0.0800. The summed E-state index contributed by atoms with van der Waals surface area (Å²) >= 11 is 0. The number of hydrogen-bond donors (Lipinski definition) is 1. The maximum Gasteiger partial charge on any atom is 0.00928 e. The van der Waals surface area contributed by atoms with Crippen LogP contribution in [-0.2, 0) is 0 Å². The summed E-state index contributed by atoms with van der Waals surface area (Å²) in [4.78, 5) is 2.85. The van der Waals surface area contributed by atoms with E-state index in [-0.39, 0.29) is 0 Å². The molecule has 3 atom stereocenters. The molecule has 1 heterocycles. The first-order valence-electron chi connectivity index (χ1n) is 9.52. The monoisotopic (exact) mass is 294 g/mol. The highest BCUT2D eigenvalue weighted by molar-refractivity contribution is 4.92.